The molecule has 0 aliphatic carbocycles. The van der Waals surface area contributed by atoms with Crippen LogP contribution in [0, 0.1) is 17.6 Å². The molecule has 0 bridgehead atoms. The molecule has 1 aromatic heterocycles. The number of aryl methyl sites for hydroxylation is 1. The van der Waals surface area contributed by atoms with Crippen LogP contribution in [0.4, 0.5) is 8.78 Å². The minimum Gasteiger partial charge on any atom is -0.481 e. The third-order valence-corrected chi connectivity index (χ3v) is 3.39. The van der Waals surface area contributed by atoms with Crippen molar-refractivity contribution in [1.29, 1.82) is 0 Å². The Kier molecular flexibility index (Phi) is 2.96. The Morgan fingerprint density at radius 1 is 1.35 bits per heavy atom. The maximum Gasteiger partial charge on any atom is 0.308 e. The molecule has 1 aliphatic rings. The lowest BCUT2D eigenvalue weighted by Crippen LogP contribution is -2.27. The lowest BCUT2D eigenvalue weighted by Gasteiger charge is -2.18. The summed E-state index contributed by atoms with van der Waals surface area (Å²) in [5, 5.41) is 13.2. The van der Waals surface area contributed by atoms with Crippen molar-refractivity contribution in [1.82, 2.24) is 14.8 Å². The molecule has 0 radical (unpaired) electrons. The van der Waals surface area contributed by atoms with Crippen LogP contribution in [0.5, 0.6) is 0 Å². The number of hydrogen-bond acceptors (Lipinski definition) is 3. The zero-order valence-corrected chi connectivity index (χ0v) is 10.4. The normalized spacial score (nSPS) is 17.8. The van der Waals surface area contributed by atoms with Gasteiger partial charge in [-0.15, -0.1) is 0 Å². The fourth-order valence-corrected chi connectivity index (χ4v) is 2.27. The Balaban J connectivity index is 1.94. The number of carboxylic acids is 1. The average Bonchev–Trinajstić information content (AvgIpc) is 2.84. The molecule has 0 saturated heterocycles. The van der Waals surface area contributed by atoms with Crippen molar-refractivity contribution in [3.05, 3.63) is 35.7 Å². The zero-order valence-electron chi connectivity index (χ0n) is 10.4. The average molecular weight is 279 g/mol. The largest absolute Gasteiger partial charge is 0.481 e. The number of fused-ring (bicyclic) bond motifs is 1. The lowest BCUT2D eigenvalue weighted by atomic mass is 10.0. The van der Waals surface area contributed by atoms with E-state index in [4.69, 9.17) is 5.11 Å². The molecule has 2 aromatic rings. The standard InChI is InChI=1S/C13H11F2N3O2/c14-9-3-1-7(5-10(9)15)12-16-11-4-2-8(13(19)20)6-18(11)17-12/h1,3,5,8H,2,4,6H2,(H,19,20). The van der Waals surface area contributed by atoms with Crippen molar-refractivity contribution in [2.45, 2.75) is 19.4 Å². The molecule has 1 aromatic carbocycles. The van der Waals surface area contributed by atoms with E-state index < -0.39 is 23.5 Å². The van der Waals surface area contributed by atoms with Gasteiger partial charge in [0.05, 0.1) is 12.5 Å². The van der Waals surface area contributed by atoms with Gasteiger partial charge in [-0.1, -0.05) is 0 Å². The second kappa shape index (κ2) is 4.66. The van der Waals surface area contributed by atoms with Crippen LogP contribution >= 0.6 is 0 Å². The van der Waals surface area contributed by atoms with E-state index in [1.165, 1.54) is 10.7 Å². The number of rotatable bonds is 2. The highest BCUT2D eigenvalue weighted by molar-refractivity contribution is 5.70. The van der Waals surface area contributed by atoms with Crippen LogP contribution in [0.25, 0.3) is 11.4 Å². The van der Waals surface area contributed by atoms with Crippen molar-refractivity contribution in [3.63, 3.8) is 0 Å². The molecule has 0 saturated carbocycles. The number of halogens is 2. The van der Waals surface area contributed by atoms with Gasteiger partial charge < -0.3 is 5.11 Å². The molecule has 1 unspecified atom stereocenters. The SMILES string of the molecule is O=C(O)C1CCc2nc(-c3ccc(F)c(F)c3)nn2C1. The van der Waals surface area contributed by atoms with Crippen molar-refractivity contribution in [3.8, 4) is 11.4 Å². The van der Waals surface area contributed by atoms with Gasteiger partial charge in [-0.2, -0.15) is 5.10 Å². The van der Waals surface area contributed by atoms with Crippen LogP contribution in [0.2, 0.25) is 0 Å². The van der Waals surface area contributed by atoms with Gasteiger partial charge in [0.1, 0.15) is 5.82 Å². The van der Waals surface area contributed by atoms with E-state index in [-0.39, 0.29) is 12.4 Å². The van der Waals surface area contributed by atoms with Crippen LogP contribution < -0.4 is 0 Å². The Labute approximate surface area is 112 Å². The van der Waals surface area contributed by atoms with Gasteiger partial charge >= 0.3 is 5.97 Å². The fraction of sp³-hybridized carbons (Fsp3) is 0.308. The summed E-state index contributed by atoms with van der Waals surface area (Å²) in [5.74, 6) is -2.28. The summed E-state index contributed by atoms with van der Waals surface area (Å²) >= 11 is 0. The molecule has 3 rings (SSSR count). The van der Waals surface area contributed by atoms with Crippen LogP contribution in [-0.2, 0) is 17.8 Å². The molecule has 0 spiro atoms. The fourth-order valence-electron chi connectivity index (χ4n) is 2.27. The molecule has 7 heteroatoms. The van der Waals surface area contributed by atoms with Gasteiger partial charge in [-0.25, -0.2) is 18.4 Å². The topological polar surface area (TPSA) is 68.0 Å². The maximum atomic E-state index is 13.2. The van der Waals surface area contributed by atoms with Gasteiger partial charge in [-0.05, 0) is 24.6 Å². The lowest BCUT2D eigenvalue weighted by molar-refractivity contribution is -0.142. The van der Waals surface area contributed by atoms with Crippen molar-refractivity contribution >= 4 is 5.97 Å². The highest BCUT2D eigenvalue weighted by Gasteiger charge is 2.26. The number of hydrogen-bond donors (Lipinski definition) is 1. The van der Waals surface area contributed by atoms with Crippen LogP contribution in [0.15, 0.2) is 18.2 Å². The van der Waals surface area contributed by atoms with E-state index in [2.05, 4.69) is 10.1 Å². The number of carbonyl (C=O) groups is 1. The van der Waals surface area contributed by atoms with E-state index in [9.17, 15) is 13.6 Å². The molecule has 1 atom stereocenters. The third kappa shape index (κ3) is 2.15. The molecule has 104 valence electrons. The molecule has 5 nitrogen and oxygen atoms in total. The molecular weight excluding hydrogens is 268 g/mol. The quantitative estimate of drug-likeness (QED) is 0.911. The van der Waals surface area contributed by atoms with Crippen molar-refractivity contribution in [2.24, 2.45) is 5.92 Å². The Bertz CT molecular complexity index is 684. The highest BCUT2D eigenvalue weighted by atomic mass is 19.2. The zero-order chi connectivity index (χ0) is 14.3. The second-order valence-electron chi connectivity index (χ2n) is 4.74. The molecule has 0 amide bonds. The number of carboxylic acid groups (broad SMARTS) is 1. The number of aromatic nitrogens is 3. The van der Waals surface area contributed by atoms with E-state index in [0.29, 0.717) is 24.2 Å². The molecule has 0 fully saturated rings. The minimum absolute atomic E-state index is 0.251. The number of nitrogens with zero attached hydrogens (tertiary/aromatic N) is 3. The first kappa shape index (κ1) is 12.7. The summed E-state index contributed by atoms with van der Waals surface area (Å²) in [5.41, 5.74) is 0.373. The number of benzene rings is 1. The van der Waals surface area contributed by atoms with Gasteiger partial charge in [-0.3, -0.25) is 4.79 Å². The first-order valence-electron chi connectivity index (χ1n) is 6.16. The third-order valence-electron chi connectivity index (χ3n) is 3.39. The first-order valence-corrected chi connectivity index (χ1v) is 6.16. The summed E-state index contributed by atoms with van der Waals surface area (Å²) < 4.78 is 27.6. The Hall–Kier alpha value is -2.31. The van der Waals surface area contributed by atoms with Gasteiger partial charge in [0.2, 0.25) is 0 Å². The molecule has 2 heterocycles. The maximum absolute atomic E-state index is 13.2. The Morgan fingerprint density at radius 2 is 2.15 bits per heavy atom. The van der Waals surface area contributed by atoms with Crippen LogP contribution in [0.1, 0.15) is 12.2 Å². The molecule has 1 N–H and O–H groups in total. The summed E-state index contributed by atoms with van der Waals surface area (Å²) in [7, 11) is 0. The van der Waals surface area contributed by atoms with Crippen molar-refractivity contribution in [2.75, 3.05) is 0 Å². The predicted molar refractivity (Wildman–Crippen MR) is 64.8 cm³/mol. The predicted octanol–water partition coefficient (Wildman–Crippen LogP) is 1.87. The smallest absolute Gasteiger partial charge is 0.308 e. The second-order valence-corrected chi connectivity index (χ2v) is 4.74. The molecule has 20 heavy (non-hydrogen) atoms. The van der Waals surface area contributed by atoms with E-state index in [1.54, 1.807) is 0 Å². The first-order chi connectivity index (χ1) is 9.54. The minimum atomic E-state index is -0.960. The van der Waals surface area contributed by atoms with E-state index in [1.807, 2.05) is 0 Å². The monoisotopic (exact) mass is 279 g/mol. The summed E-state index contributed by atoms with van der Waals surface area (Å²) in [6.45, 7) is 0.251. The van der Waals surface area contributed by atoms with Gasteiger partial charge in [0.25, 0.3) is 0 Å². The Morgan fingerprint density at radius 3 is 2.85 bits per heavy atom. The van der Waals surface area contributed by atoms with Crippen LogP contribution in [0.3, 0.4) is 0 Å². The molecule has 1 aliphatic heterocycles. The van der Waals surface area contributed by atoms with E-state index in [0.717, 1.165) is 12.1 Å². The van der Waals surface area contributed by atoms with Gasteiger partial charge in [0.15, 0.2) is 17.5 Å². The summed E-state index contributed by atoms with van der Waals surface area (Å²) in [4.78, 5) is 15.2. The number of aliphatic carboxylic acids is 1. The molecular formula is C13H11F2N3O2. The highest BCUT2D eigenvalue weighted by Crippen LogP contribution is 2.23. The van der Waals surface area contributed by atoms with E-state index >= 15 is 0 Å². The summed E-state index contributed by atoms with van der Waals surface area (Å²) in [6, 6.07) is 3.45. The van der Waals surface area contributed by atoms with Gasteiger partial charge in [0, 0.05) is 12.0 Å². The van der Waals surface area contributed by atoms with Crippen LogP contribution in [-0.4, -0.2) is 25.8 Å². The van der Waals surface area contributed by atoms with Crippen molar-refractivity contribution < 1.29 is 18.7 Å². The summed E-state index contributed by atoms with van der Waals surface area (Å²) in [6.07, 6.45) is 1.01.